The highest BCUT2D eigenvalue weighted by atomic mass is 35.5. The lowest BCUT2D eigenvalue weighted by atomic mass is 10.0. The number of ether oxygens (including phenoxy) is 1. The first-order chi connectivity index (χ1) is 9.41. The van der Waals surface area contributed by atoms with Gasteiger partial charge in [-0.3, -0.25) is 0 Å². The largest absolute Gasteiger partial charge is 0.497 e. The lowest BCUT2D eigenvalue weighted by molar-refractivity contribution is -0.137. The number of hydrogen-bond donors (Lipinski definition) is 0. The van der Waals surface area contributed by atoms with Crippen LogP contribution in [0.1, 0.15) is 22.1 Å². The average molecular weight is 301 g/mol. The molecule has 0 bridgehead atoms. The van der Waals surface area contributed by atoms with Crippen molar-refractivity contribution in [2.75, 3.05) is 7.11 Å². The van der Waals surface area contributed by atoms with Crippen molar-refractivity contribution in [3.8, 4) is 5.75 Å². The first kappa shape index (κ1) is 14.7. The molecule has 1 atom stereocenters. The van der Waals surface area contributed by atoms with Crippen LogP contribution in [0.5, 0.6) is 5.75 Å². The predicted molar refractivity (Wildman–Crippen MR) is 72.1 cm³/mol. The Kier molecular flexibility index (Phi) is 4.23. The minimum absolute atomic E-state index is 0.497. The van der Waals surface area contributed by atoms with Gasteiger partial charge in [-0.15, -0.1) is 11.6 Å². The second-order valence-corrected chi connectivity index (χ2v) is 4.69. The van der Waals surface area contributed by atoms with Crippen LogP contribution in [-0.4, -0.2) is 7.11 Å². The predicted octanol–water partition coefficient (Wildman–Crippen LogP) is 5.04. The number of benzene rings is 2. The molecule has 0 N–H and O–H groups in total. The molecule has 0 saturated heterocycles. The van der Waals surface area contributed by atoms with E-state index in [4.69, 9.17) is 16.3 Å². The molecule has 0 aliphatic carbocycles. The lowest BCUT2D eigenvalue weighted by Gasteiger charge is -2.12. The molecule has 0 aliphatic heterocycles. The Morgan fingerprint density at radius 1 is 0.900 bits per heavy atom. The van der Waals surface area contributed by atoms with Crippen molar-refractivity contribution >= 4 is 11.6 Å². The van der Waals surface area contributed by atoms with Gasteiger partial charge in [0.15, 0.2) is 0 Å². The molecule has 5 heteroatoms. The monoisotopic (exact) mass is 300 g/mol. The summed E-state index contributed by atoms with van der Waals surface area (Å²) in [5.41, 5.74) is 0.733. The highest BCUT2D eigenvalue weighted by molar-refractivity contribution is 6.22. The van der Waals surface area contributed by atoms with E-state index in [1.165, 1.54) is 12.1 Å². The first-order valence-corrected chi connectivity index (χ1v) is 6.30. The van der Waals surface area contributed by atoms with Crippen molar-refractivity contribution in [3.05, 3.63) is 65.2 Å². The molecule has 0 aromatic heterocycles. The van der Waals surface area contributed by atoms with Gasteiger partial charge in [-0.25, -0.2) is 0 Å². The van der Waals surface area contributed by atoms with E-state index >= 15 is 0 Å². The molecule has 20 heavy (non-hydrogen) atoms. The maximum absolute atomic E-state index is 12.5. The van der Waals surface area contributed by atoms with Crippen molar-refractivity contribution in [2.24, 2.45) is 0 Å². The zero-order valence-corrected chi connectivity index (χ0v) is 11.4. The number of alkyl halides is 4. The van der Waals surface area contributed by atoms with Crippen LogP contribution in [0.25, 0.3) is 0 Å². The van der Waals surface area contributed by atoms with Gasteiger partial charge in [0, 0.05) is 0 Å². The summed E-state index contributed by atoms with van der Waals surface area (Å²) in [4.78, 5) is 0. The zero-order valence-electron chi connectivity index (χ0n) is 10.6. The van der Waals surface area contributed by atoms with Crippen molar-refractivity contribution < 1.29 is 17.9 Å². The highest BCUT2D eigenvalue weighted by Crippen LogP contribution is 2.33. The molecule has 2 aromatic rings. The molecule has 0 amide bonds. The minimum atomic E-state index is -4.33. The summed E-state index contributed by atoms with van der Waals surface area (Å²) >= 11 is 6.27. The van der Waals surface area contributed by atoms with Crippen molar-refractivity contribution in [2.45, 2.75) is 11.6 Å². The maximum atomic E-state index is 12.5. The van der Waals surface area contributed by atoms with Crippen LogP contribution in [0.15, 0.2) is 48.5 Å². The highest BCUT2D eigenvalue weighted by Gasteiger charge is 2.30. The van der Waals surface area contributed by atoms with Crippen LogP contribution in [0.4, 0.5) is 13.2 Å². The standard InChI is InChI=1S/C15H12ClF3O/c1-20-13-8-4-11(5-9-13)14(16)10-2-6-12(7-3-10)15(17,18)19/h2-9,14H,1H3. The van der Waals surface area contributed by atoms with Crippen LogP contribution in [0.2, 0.25) is 0 Å². The van der Waals surface area contributed by atoms with E-state index in [2.05, 4.69) is 0 Å². The molecular weight excluding hydrogens is 289 g/mol. The van der Waals surface area contributed by atoms with E-state index < -0.39 is 17.1 Å². The number of hydrogen-bond acceptors (Lipinski definition) is 1. The van der Waals surface area contributed by atoms with E-state index in [-0.39, 0.29) is 0 Å². The van der Waals surface area contributed by atoms with Crippen LogP contribution >= 0.6 is 11.6 Å². The fourth-order valence-electron chi connectivity index (χ4n) is 1.81. The third-order valence-corrected chi connectivity index (χ3v) is 3.44. The summed E-state index contributed by atoms with van der Waals surface area (Å²) < 4.78 is 42.5. The van der Waals surface area contributed by atoms with Crippen molar-refractivity contribution in [1.82, 2.24) is 0 Å². The molecule has 1 nitrogen and oxygen atoms in total. The van der Waals surface area contributed by atoms with Gasteiger partial charge >= 0.3 is 6.18 Å². The molecule has 1 unspecified atom stereocenters. The SMILES string of the molecule is COc1ccc(C(Cl)c2ccc(C(F)(F)F)cc2)cc1. The third-order valence-electron chi connectivity index (χ3n) is 2.94. The summed E-state index contributed by atoms with van der Waals surface area (Å²) in [6, 6.07) is 11.9. The second-order valence-electron chi connectivity index (χ2n) is 4.26. The molecule has 2 aromatic carbocycles. The summed E-state index contributed by atoms with van der Waals surface area (Å²) in [6.45, 7) is 0. The number of rotatable bonds is 3. The summed E-state index contributed by atoms with van der Waals surface area (Å²) in [6.07, 6.45) is -4.33. The van der Waals surface area contributed by atoms with Crippen molar-refractivity contribution in [3.63, 3.8) is 0 Å². The van der Waals surface area contributed by atoms with E-state index in [9.17, 15) is 13.2 Å². The Balaban J connectivity index is 2.22. The van der Waals surface area contributed by atoms with Gasteiger partial charge in [0.05, 0.1) is 18.1 Å². The quantitative estimate of drug-likeness (QED) is 0.721. The summed E-state index contributed by atoms with van der Waals surface area (Å²) in [5, 5.41) is -0.497. The average Bonchev–Trinajstić information content (AvgIpc) is 2.46. The summed E-state index contributed by atoms with van der Waals surface area (Å²) in [5.74, 6) is 0.699. The fraction of sp³-hybridized carbons (Fsp3) is 0.200. The molecule has 0 spiro atoms. The minimum Gasteiger partial charge on any atom is -0.497 e. The van der Waals surface area contributed by atoms with E-state index in [0.717, 1.165) is 17.7 Å². The Labute approximate surface area is 119 Å². The third kappa shape index (κ3) is 3.25. The van der Waals surface area contributed by atoms with Gasteiger partial charge in [-0.1, -0.05) is 24.3 Å². The molecule has 0 fully saturated rings. The first-order valence-electron chi connectivity index (χ1n) is 5.87. The molecule has 0 saturated carbocycles. The Bertz CT molecular complexity index is 561. The van der Waals surface area contributed by atoms with E-state index in [1.54, 1.807) is 31.4 Å². The zero-order chi connectivity index (χ0) is 14.8. The lowest BCUT2D eigenvalue weighted by Crippen LogP contribution is -2.05. The van der Waals surface area contributed by atoms with Crippen molar-refractivity contribution in [1.29, 1.82) is 0 Å². The molecule has 0 radical (unpaired) electrons. The van der Waals surface area contributed by atoms with Gasteiger partial charge in [0.25, 0.3) is 0 Å². The van der Waals surface area contributed by atoms with Gasteiger partial charge in [0.1, 0.15) is 5.75 Å². The number of halogens is 4. The molecule has 0 heterocycles. The van der Waals surface area contributed by atoms with Gasteiger partial charge in [-0.05, 0) is 35.4 Å². The van der Waals surface area contributed by atoms with Gasteiger partial charge in [0.2, 0.25) is 0 Å². The molecular formula is C15H12ClF3O. The molecule has 2 rings (SSSR count). The van der Waals surface area contributed by atoms with Crippen LogP contribution in [0, 0.1) is 0 Å². The van der Waals surface area contributed by atoms with E-state index in [1.807, 2.05) is 0 Å². The van der Waals surface area contributed by atoms with Crippen LogP contribution in [-0.2, 0) is 6.18 Å². The van der Waals surface area contributed by atoms with Gasteiger partial charge in [-0.2, -0.15) is 13.2 Å². The number of methoxy groups -OCH3 is 1. The summed E-state index contributed by atoms with van der Waals surface area (Å²) in [7, 11) is 1.56. The Morgan fingerprint density at radius 3 is 1.75 bits per heavy atom. The Hall–Kier alpha value is -1.68. The Morgan fingerprint density at radius 2 is 1.35 bits per heavy atom. The fourth-order valence-corrected chi connectivity index (χ4v) is 2.10. The van der Waals surface area contributed by atoms with Crippen LogP contribution in [0.3, 0.4) is 0 Å². The molecule has 0 aliphatic rings. The van der Waals surface area contributed by atoms with E-state index in [0.29, 0.717) is 11.3 Å². The van der Waals surface area contributed by atoms with Gasteiger partial charge < -0.3 is 4.74 Å². The smallest absolute Gasteiger partial charge is 0.416 e. The normalized spacial score (nSPS) is 13.1. The topological polar surface area (TPSA) is 9.23 Å². The van der Waals surface area contributed by atoms with Crippen LogP contribution < -0.4 is 4.74 Å². The second kappa shape index (κ2) is 5.75. The maximum Gasteiger partial charge on any atom is 0.416 e. The molecule has 106 valence electrons.